The molecule has 2 rings (SSSR count). The second-order valence-corrected chi connectivity index (χ2v) is 4.50. The van der Waals surface area contributed by atoms with Crippen LogP contribution in [0.1, 0.15) is 25.7 Å². The molecule has 1 amide bonds. The Morgan fingerprint density at radius 2 is 2.41 bits per heavy atom. The highest BCUT2D eigenvalue weighted by atomic mass is 35.5. The standard InChI is InChI=1S/C12H15ClN2O2/c13-11-5-4-9(8-14-11)15-12(16)7-10-3-1-2-6-17-10/h4-5,8,10H,1-3,6-7H2,(H,15,16). The van der Waals surface area contributed by atoms with Gasteiger partial charge in [-0.05, 0) is 31.4 Å². The minimum atomic E-state index is -0.0407. The van der Waals surface area contributed by atoms with E-state index in [-0.39, 0.29) is 12.0 Å². The Morgan fingerprint density at radius 3 is 3.06 bits per heavy atom. The monoisotopic (exact) mass is 254 g/mol. The number of carbonyl (C=O) groups is 1. The fourth-order valence-electron chi connectivity index (χ4n) is 1.84. The van der Waals surface area contributed by atoms with E-state index in [0.29, 0.717) is 17.3 Å². The second-order valence-electron chi connectivity index (χ2n) is 4.11. The van der Waals surface area contributed by atoms with E-state index >= 15 is 0 Å². The van der Waals surface area contributed by atoms with Crippen LogP contribution in [0.15, 0.2) is 18.3 Å². The lowest BCUT2D eigenvalue weighted by atomic mass is 10.1. The number of hydrogen-bond donors (Lipinski definition) is 1. The van der Waals surface area contributed by atoms with Crippen LogP contribution in [0.4, 0.5) is 5.69 Å². The van der Waals surface area contributed by atoms with E-state index in [1.54, 1.807) is 18.3 Å². The Hall–Kier alpha value is -1.13. The molecular formula is C12H15ClN2O2. The SMILES string of the molecule is O=C(CC1CCCCO1)Nc1ccc(Cl)nc1. The molecule has 0 radical (unpaired) electrons. The molecule has 0 aromatic carbocycles. The van der Waals surface area contributed by atoms with Crippen molar-refractivity contribution in [3.63, 3.8) is 0 Å². The van der Waals surface area contributed by atoms with E-state index in [4.69, 9.17) is 16.3 Å². The lowest BCUT2D eigenvalue weighted by Crippen LogP contribution is -2.25. The summed E-state index contributed by atoms with van der Waals surface area (Å²) in [6.07, 6.45) is 5.21. The van der Waals surface area contributed by atoms with Gasteiger partial charge in [-0.15, -0.1) is 0 Å². The van der Waals surface area contributed by atoms with Crippen LogP contribution in [0.3, 0.4) is 0 Å². The lowest BCUT2D eigenvalue weighted by molar-refractivity contribution is -0.119. The van der Waals surface area contributed by atoms with E-state index < -0.39 is 0 Å². The number of hydrogen-bond acceptors (Lipinski definition) is 3. The fraction of sp³-hybridized carbons (Fsp3) is 0.500. The molecule has 1 aromatic rings. The number of rotatable bonds is 3. The van der Waals surface area contributed by atoms with Gasteiger partial charge in [-0.2, -0.15) is 0 Å². The van der Waals surface area contributed by atoms with Crippen LogP contribution in [0, 0.1) is 0 Å². The number of amides is 1. The average molecular weight is 255 g/mol. The molecule has 1 atom stereocenters. The van der Waals surface area contributed by atoms with Crippen molar-refractivity contribution >= 4 is 23.2 Å². The van der Waals surface area contributed by atoms with Gasteiger partial charge < -0.3 is 10.1 Å². The maximum Gasteiger partial charge on any atom is 0.227 e. The molecule has 92 valence electrons. The van der Waals surface area contributed by atoms with Crippen molar-refractivity contribution in [1.29, 1.82) is 0 Å². The number of pyridine rings is 1. The molecular weight excluding hydrogens is 240 g/mol. The van der Waals surface area contributed by atoms with Crippen molar-refractivity contribution < 1.29 is 9.53 Å². The number of aromatic nitrogens is 1. The van der Waals surface area contributed by atoms with Crippen LogP contribution < -0.4 is 5.32 Å². The molecule has 0 saturated carbocycles. The van der Waals surface area contributed by atoms with E-state index in [1.807, 2.05) is 0 Å². The molecule has 2 heterocycles. The summed E-state index contributed by atoms with van der Waals surface area (Å²) < 4.78 is 5.51. The number of halogens is 1. The highest BCUT2D eigenvalue weighted by Crippen LogP contribution is 2.16. The summed E-state index contributed by atoms with van der Waals surface area (Å²) in [7, 11) is 0. The average Bonchev–Trinajstić information content (AvgIpc) is 2.33. The molecule has 1 N–H and O–H groups in total. The lowest BCUT2D eigenvalue weighted by Gasteiger charge is -2.21. The van der Waals surface area contributed by atoms with Crippen LogP contribution in [-0.4, -0.2) is 23.6 Å². The predicted molar refractivity (Wildman–Crippen MR) is 66.1 cm³/mol. The summed E-state index contributed by atoms with van der Waals surface area (Å²) in [5.41, 5.74) is 0.662. The van der Waals surface area contributed by atoms with Crippen molar-refractivity contribution in [2.75, 3.05) is 11.9 Å². The predicted octanol–water partition coefficient (Wildman–Crippen LogP) is 2.63. The second kappa shape index (κ2) is 5.98. The topological polar surface area (TPSA) is 51.2 Å². The van der Waals surface area contributed by atoms with Gasteiger partial charge in [-0.25, -0.2) is 4.98 Å². The summed E-state index contributed by atoms with van der Waals surface area (Å²) in [5.74, 6) is -0.0407. The van der Waals surface area contributed by atoms with Crippen LogP contribution in [0.25, 0.3) is 0 Å². The molecule has 1 fully saturated rings. The maximum absolute atomic E-state index is 11.7. The first kappa shape index (κ1) is 12.3. The van der Waals surface area contributed by atoms with E-state index in [2.05, 4.69) is 10.3 Å². The number of nitrogens with zero attached hydrogens (tertiary/aromatic N) is 1. The number of ether oxygens (including phenoxy) is 1. The molecule has 1 saturated heterocycles. The Kier molecular flexibility index (Phi) is 4.34. The van der Waals surface area contributed by atoms with Gasteiger partial charge in [0, 0.05) is 6.61 Å². The van der Waals surface area contributed by atoms with Gasteiger partial charge in [0.1, 0.15) is 5.15 Å². The summed E-state index contributed by atoms with van der Waals surface area (Å²) >= 11 is 5.66. The Morgan fingerprint density at radius 1 is 1.53 bits per heavy atom. The smallest absolute Gasteiger partial charge is 0.227 e. The summed E-state index contributed by atoms with van der Waals surface area (Å²) in [6, 6.07) is 3.38. The Balaban J connectivity index is 1.82. The van der Waals surface area contributed by atoms with Gasteiger partial charge in [0.15, 0.2) is 0 Å². The normalized spacial score (nSPS) is 19.9. The van der Waals surface area contributed by atoms with E-state index in [9.17, 15) is 4.79 Å². The zero-order valence-electron chi connectivity index (χ0n) is 9.49. The van der Waals surface area contributed by atoms with Gasteiger partial charge in [0.2, 0.25) is 5.91 Å². The highest BCUT2D eigenvalue weighted by Gasteiger charge is 2.17. The molecule has 0 aliphatic carbocycles. The third kappa shape index (κ3) is 3.98. The number of nitrogens with one attached hydrogen (secondary N) is 1. The van der Waals surface area contributed by atoms with Crippen molar-refractivity contribution in [3.05, 3.63) is 23.5 Å². The fourth-order valence-corrected chi connectivity index (χ4v) is 1.95. The highest BCUT2D eigenvalue weighted by molar-refractivity contribution is 6.29. The first-order valence-electron chi connectivity index (χ1n) is 5.77. The zero-order valence-corrected chi connectivity index (χ0v) is 10.2. The minimum absolute atomic E-state index is 0.0407. The van der Waals surface area contributed by atoms with Gasteiger partial charge >= 0.3 is 0 Å². The van der Waals surface area contributed by atoms with Crippen molar-refractivity contribution in [3.8, 4) is 0 Å². The van der Waals surface area contributed by atoms with Crippen molar-refractivity contribution in [2.24, 2.45) is 0 Å². The molecule has 0 spiro atoms. The summed E-state index contributed by atoms with van der Waals surface area (Å²) in [6.45, 7) is 0.764. The van der Waals surface area contributed by atoms with Crippen LogP contribution >= 0.6 is 11.6 Å². The van der Waals surface area contributed by atoms with Crippen LogP contribution in [0.2, 0.25) is 5.15 Å². The quantitative estimate of drug-likeness (QED) is 0.844. The molecule has 5 heteroatoms. The van der Waals surface area contributed by atoms with Gasteiger partial charge in [0.25, 0.3) is 0 Å². The van der Waals surface area contributed by atoms with Gasteiger partial charge in [-0.3, -0.25) is 4.79 Å². The molecule has 1 aromatic heterocycles. The minimum Gasteiger partial charge on any atom is -0.378 e. The van der Waals surface area contributed by atoms with Crippen LogP contribution in [0.5, 0.6) is 0 Å². The summed E-state index contributed by atoms with van der Waals surface area (Å²) in [5, 5.41) is 3.19. The van der Waals surface area contributed by atoms with Crippen molar-refractivity contribution in [2.45, 2.75) is 31.8 Å². The zero-order chi connectivity index (χ0) is 12.1. The summed E-state index contributed by atoms with van der Waals surface area (Å²) in [4.78, 5) is 15.6. The third-order valence-corrected chi connectivity index (χ3v) is 2.92. The van der Waals surface area contributed by atoms with E-state index in [0.717, 1.165) is 25.9 Å². The first-order valence-corrected chi connectivity index (χ1v) is 6.15. The molecule has 0 bridgehead atoms. The first-order chi connectivity index (χ1) is 8.24. The van der Waals surface area contributed by atoms with Crippen molar-refractivity contribution in [1.82, 2.24) is 4.98 Å². The maximum atomic E-state index is 11.7. The number of anilines is 1. The van der Waals surface area contributed by atoms with Gasteiger partial charge in [0.05, 0.1) is 24.4 Å². The Labute approximate surface area is 105 Å². The largest absolute Gasteiger partial charge is 0.378 e. The van der Waals surface area contributed by atoms with Gasteiger partial charge in [-0.1, -0.05) is 11.6 Å². The van der Waals surface area contributed by atoms with Crippen LogP contribution in [-0.2, 0) is 9.53 Å². The van der Waals surface area contributed by atoms with E-state index in [1.165, 1.54) is 0 Å². The molecule has 1 aliphatic heterocycles. The molecule has 1 unspecified atom stereocenters. The number of carbonyl (C=O) groups excluding carboxylic acids is 1. The third-order valence-electron chi connectivity index (χ3n) is 2.70. The Bertz CT molecular complexity index is 375. The molecule has 17 heavy (non-hydrogen) atoms. The molecule has 1 aliphatic rings. The molecule has 4 nitrogen and oxygen atoms in total.